The van der Waals surface area contributed by atoms with E-state index in [9.17, 15) is 29.7 Å². The number of aliphatic hydroxyl groups excluding tert-OH is 2. The van der Waals surface area contributed by atoms with Crippen molar-refractivity contribution >= 4 is 35.1 Å². The fraction of sp³-hybridized carbons (Fsp3) is 0.372. The average Bonchev–Trinajstić information content (AvgIpc) is 3.60. The first-order chi connectivity index (χ1) is 28.4. The number of anilines is 1. The molecule has 4 aliphatic heterocycles. The lowest BCUT2D eigenvalue weighted by Gasteiger charge is -2.51. The molecule has 314 valence electrons. The number of nitrogens with two attached hydrogens (primary N) is 1. The van der Waals surface area contributed by atoms with E-state index < -0.39 is 84.2 Å². The Hall–Kier alpha value is -5.82. The first kappa shape index (κ1) is 42.3. The third-order valence-electron chi connectivity index (χ3n) is 10.5. The van der Waals surface area contributed by atoms with E-state index in [0.29, 0.717) is 0 Å². The summed E-state index contributed by atoms with van der Waals surface area (Å²) >= 11 is 6.70. The summed E-state index contributed by atoms with van der Waals surface area (Å²) in [6, 6.07) is 3.83. The number of rotatable bonds is 6. The van der Waals surface area contributed by atoms with Crippen molar-refractivity contribution in [3.05, 3.63) is 88.2 Å². The minimum atomic E-state index is -1.80. The van der Waals surface area contributed by atoms with E-state index in [-0.39, 0.29) is 62.4 Å². The Morgan fingerprint density at radius 2 is 1.90 bits per heavy atom. The van der Waals surface area contributed by atoms with Crippen LogP contribution in [0.15, 0.2) is 72.1 Å². The van der Waals surface area contributed by atoms with E-state index in [2.05, 4.69) is 35.6 Å². The molecule has 17 heteroatoms. The Bertz CT molecular complexity index is 2360. The SMILES string of the molecule is C=C1Oc2cc(OC)cc(C(=O)O[C@H]3COC(=O)C[C@H](N)c4cc(O)c(c(Cl)c4)O[C@@H]4C#CC=C3C#CC3=CC=C[C@@]34O[C@@H]3OC(C)(C)[C@@H](N(C)C)[C@@H](O)[C@H]3O)c2NC1=O. The number of benzene rings is 2. The number of nitrogens with zero attached hydrogens (tertiary/aromatic N) is 1. The number of hydrogen-bond acceptors (Lipinski definition) is 15. The molecule has 16 nitrogen and oxygen atoms in total. The number of likely N-dealkylation sites (N-methyl/N-ethyl adjacent to an activating group) is 1. The molecule has 8 atom stereocenters. The van der Waals surface area contributed by atoms with Crippen LogP contribution < -0.4 is 25.3 Å². The average molecular weight is 844 g/mol. The molecule has 0 radical (unpaired) electrons. The van der Waals surface area contributed by atoms with Gasteiger partial charge in [0.05, 0.1) is 47.0 Å². The molecular weight excluding hydrogens is 802 g/mol. The molecule has 0 unspecified atom stereocenters. The van der Waals surface area contributed by atoms with Crippen LogP contribution in [-0.2, 0) is 28.5 Å². The fourth-order valence-electron chi connectivity index (χ4n) is 7.61. The molecule has 2 aromatic rings. The van der Waals surface area contributed by atoms with Gasteiger partial charge in [0, 0.05) is 23.8 Å². The van der Waals surface area contributed by atoms with Crippen LogP contribution in [-0.4, -0.2) is 114 Å². The molecule has 0 saturated carbocycles. The highest BCUT2D eigenvalue weighted by Gasteiger charge is 2.55. The number of carbonyl (C=O) groups is 3. The number of fused-ring (bicyclic) bond motifs is 9. The van der Waals surface area contributed by atoms with Crippen molar-refractivity contribution in [2.24, 2.45) is 5.73 Å². The molecule has 2 aromatic carbocycles. The van der Waals surface area contributed by atoms with Gasteiger partial charge in [0.2, 0.25) is 0 Å². The van der Waals surface area contributed by atoms with Gasteiger partial charge in [-0.2, -0.15) is 0 Å². The van der Waals surface area contributed by atoms with Gasteiger partial charge < -0.3 is 64.4 Å². The second-order valence-corrected chi connectivity index (χ2v) is 15.6. The lowest BCUT2D eigenvalue weighted by Crippen LogP contribution is -2.68. The van der Waals surface area contributed by atoms with Gasteiger partial charge >= 0.3 is 11.9 Å². The number of methoxy groups -OCH3 is 1. The molecule has 8 rings (SSSR count). The first-order valence-corrected chi connectivity index (χ1v) is 19.0. The van der Waals surface area contributed by atoms with E-state index in [1.807, 2.05) is 0 Å². The number of nitrogens with one attached hydrogen (secondary N) is 1. The highest BCUT2D eigenvalue weighted by molar-refractivity contribution is 6.32. The second kappa shape index (κ2) is 16.3. The second-order valence-electron chi connectivity index (χ2n) is 15.2. The third kappa shape index (κ3) is 7.94. The zero-order chi connectivity index (χ0) is 43.3. The number of amides is 1. The van der Waals surface area contributed by atoms with Crippen molar-refractivity contribution in [2.45, 2.75) is 74.3 Å². The number of hydrogen-bond donors (Lipinski definition) is 5. The smallest absolute Gasteiger partial charge is 0.341 e. The molecule has 0 spiro atoms. The van der Waals surface area contributed by atoms with Gasteiger partial charge in [-0.3, -0.25) is 9.59 Å². The van der Waals surface area contributed by atoms with Crippen LogP contribution in [0.3, 0.4) is 0 Å². The van der Waals surface area contributed by atoms with Crippen molar-refractivity contribution in [1.82, 2.24) is 4.90 Å². The van der Waals surface area contributed by atoms with Gasteiger partial charge in [0.25, 0.3) is 5.91 Å². The monoisotopic (exact) mass is 843 g/mol. The summed E-state index contributed by atoms with van der Waals surface area (Å²) in [5.41, 5.74) is 3.86. The highest BCUT2D eigenvalue weighted by Crippen LogP contribution is 2.44. The number of esters is 2. The van der Waals surface area contributed by atoms with Crippen molar-refractivity contribution in [2.75, 3.05) is 33.1 Å². The standard InChI is InChI=1S/C43H42ClN3O13/c1-21-39(52)46-34-26(17-25(54-6)18-30(34)56-21)40(53)57-31-20-55-33(49)19-28(45)23-15-27(44)37(29(48)16-23)58-32-11-7-9-22(31)12-13-24-10-8-14-43(24,32)60-41-36(51)35(50)38(47(4)5)42(2,3)59-41/h8-10,14-18,28,31-32,35-36,38,41,48,50-51H,1,19-20,45H2,2-6H3,(H,46,52)/t28-,31-,32+,35-,36+,38-,41-,43+/m0/s1. The number of halogens is 1. The van der Waals surface area contributed by atoms with Crippen LogP contribution in [0.4, 0.5) is 5.69 Å². The van der Waals surface area contributed by atoms with Crippen molar-refractivity contribution in [3.8, 4) is 46.7 Å². The van der Waals surface area contributed by atoms with Crippen LogP contribution in [0.5, 0.6) is 23.0 Å². The number of ether oxygens (including phenoxy) is 7. The Balaban J connectivity index is 1.34. The number of phenols is 1. The highest BCUT2D eigenvalue weighted by atomic mass is 35.5. The maximum absolute atomic E-state index is 14.1. The topological polar surface area (TPSA) is 218 Å². The molecule has 6 N–H and O–H groups in total. The number of phenolic OH excluding ortho intramolecular Hbond substituents is 1. The molecule has 2 aliphatic carbocycles. The zero-order valence-electron chi connectivity index (χ0n) is 33.1. The van der Waals surface area contributed by atoms with Gasteiger partial charge in [-0.15, -0.1) is 0 Å². The van der Waals surface area contributed by atoms with Crippen LogP contribution >= 0.6 is 11.6 Å². The van der Waals surface area contributed by atoms with E-state index >= 15 is 0 Å². The predicted molar refractivity (Wildman–Crippen MR) is 214 cm³/mol. The van der Waals surface area contributed by atoms with Crippen LogP contribution in [0, 0.1) is 23.7 Å². The summed E-state index contributed by atoms with van der Waals surface area (Å²) in [5, 5.41) is 36.6. The molecule has 0 aromatic heterocycles. The molecule has 6 aliphatic rings. The molecule has 1 amide bonds. The summed E-state index contributed by atoms with van der Waals surface area (Å²) in [5.74, 6) is 8.83. The van der Waals surface area contributed by atoms with Gasteiger partial charge in [-0.1, -0.05) is 42.0 Å². The zero-order valence-corrected chi connectivity index (χ0v) is 33.9. The number of allylic oxidation sites excluding steroid dienone is 3. The van der Waals surface area contributed by atoms with Crippen molar-refractivity contribution in [1.29, 1.82) is 0 Å². The molecule has 1 saturated heterocycles. The van der Waals surface area contributed by atoms with Gasteiger partial charge in [-0.05, 0) is 69.8 Å². The Kier molecular flexibility index (Phi) is 11.5. The van der Waals surface area contributed by atoms with Crippen LogP contribution in [0.2, 0.25) is 5.02 Å². The minimum absolute atomic E-state index is 0.0160. The lowest BCUT2D eigenvalue weighted by atomic mass is 9.85. The summed E-state index contributed by atoms with van der Waals surface area (Å²) in [7, 11) is 4.87. The number of carbonyl (C=O) groups excluding carboxylic acids is 3. The molecule has 4 heterocycles. The first-order valence-electron chi connectivity index (χ1n) is 18.6. The summed E-state index contributed by atoms with van der Waals surface area (Å²) < 4.78 is 41.9. The molecular formula is C43H42ClN3O13. The largest absolute Gasteiger partial charge is 0.504 e. The summed E-state index contributed by atoms with van der Waals surface area (Å²) in [4.78, 5) is 41.6. The van der Waals surface area contributed by atoms with E-state index in [1.165, 1.54) is 37.5 Å². The lowest BCUT2D eigenvalue weighted by molar-refractivity contribution is -0.329. The Morgan fingerprint density at radius 3 is 2.62 bits per heavy atom. The van der Waals surface area contributed by atoms with E-state index in [4.69, 9.17) is 50.5 Å². The van der Waals surface area contributed by atoms with Gasteiger partial charge in [0.15, 0.2) is 47.1 Å². The summed E-state index contributed by atoms with van der Waals surface area (Å²) in [6.45, 7) is 6.50. The Morgan fingerprint density at radius 1 is 1.13 bits per heavy atom. The maximum Gasteiger partial charge on any atom is 0.341 e. The van der Waals surface area contributed by atoms with Crippen molar-refractivity contribution < 1.29 is 62.9 Å². The number of aromatic hydroxyl groups is 1. The maximum atomic E-state index is 14.1. The van der Waals surface area contributed by atoms with E-state index in [1.54, 1.807) is 51.1 Å². The molecule has 1 fully saturated rings. The Labute approximate surface area is 350 Å². The minimum Gasteiger partial charge on any atom is -0.504 e. The normalized spacial score (nSPS) is 29.0. The number of aliphatic hydroxyl groups is 2. The molecule has 60 heavy (non-hydrogen) atoms. The fourth-order valence-corrected chi connectivity index (χ4v) is 7.88. The van der Waals surface area contributed by atoms with Crippen LogP contribution in [0.1, 0.15) is 42.2 Å². The molecule has 4 bridgehead atoms. The predicted octanol–water partition coefficient (Wildman–Crippen LogP) is 2.80. The quantitative estimate of drug-likeness (QED) is 0.161. The van der Waals surface area contributed by atoms with Crippen LogP contribution in [0.25, 0.3) is 0 Å². The van der Waals surface area contributed by atoms with E-state index in [0.717, 1.165) is 0 Å². The van der Waals surface area contributed by atoms with Crippen molar-refractivity contribution in [3.63, 3.8) is 0 Å². The van der Waals surface area contributed by atoms with Gasteiger partial charge in [-0.25, -0.2) is 4.79 Å². The third-order valence-corrected chi connectivity index (χ3v) is 10.8. The van der Waals surface area contributed by atoms with Gasteiger partial charge in [0.1, 0.15) is 24.6 Å². The summed E-state index contributed by atoms with van der Waals surface area (Å²) in [6.07, 6.45) is -1.46.